The van der Waals surface area contributed by atoms with Crippen LogP contribution in [0, 0.1) is 0 Å². The van der Waals surface area contributed by atoms with Crippen LogP contribution >= 0.6 is 0 Å². The molecule has 16 heavy (non-hydrogen) atoms. The molecule has 1 rings (SSSR count). The third kappa shape index (κ3) is 4.39. The monoisotopic (exact) mass is 218 g/mol. The van der Waals surface area contributed by atoms with Crippen molar-refractivity contribution in [3.05, 3.63) is 35.4 Å². The first kappa shape index (κ1) is 12.6. The van der Waals surface area contributed by atoms with E-state index in [2.05, 4.69) is 31.2 Å². The number of benzene rings is 1. The molecular weight excluding hydrogens is 200 g/mol. The zero-order chi connectivity index (χ0) is 12.0. The number of Topliss-reactive ketones (excluding diaryl/α,β-unsaturated/α-hetero) is 2. The van der Waals surface area contributed by atoms with E-state index in [1.165, 1.54) is 12.5 Å². The molecule has 0 unspecified atom stereocenters. The average Bonchev–Trinajstić information content (AvgIpc) is 2.26. The highest BCUT2D eigenvalue weighted by Crippen LogP contribution is 2.08. The van der Waals surface area contributed by atoms with E-state index in [-0.39, 0.29) is 18.0 Å². The highest BCUT2D eigenvalue weighted by Gasteiger charge is 2.05. The third-order valence-electron chi connectivity index (χ3n) is 2.57. The predicted molar refractivity (Wildman–Crippen MR) is 64.4 cm³/mol. The average molecular weight is 218 g/mol. The van der Waals surface area contributed by atoms with Crippen LogP contribution in [0.5, 0.6) is 0 Å². The fourth-order valence-electron chi connectivity index (χ4n) is 1.59. The van der Waals surface area contributed by atoms with Crippen LogP contribution in [0.15, 0.2) is 24.3 Å². The molecule has 0 spiro atoms. The van der Waals surface area contributed by atoms with Crippen molar-refractivity contribution in [1.29, 1.82) is 0 Å². The molecule has 0 saturated heterocycles. The Balaban J connectivity index is 2.42. The van der Waals surface area contributed by atoms with Crippen molar-refractivity contribution in [1.82, 2.24) is 0 Å². The highest BCUT2D eigenvalue weighted by atomic mass is 16.1. The van der Waals surface area contributed by atoms with Crippen LogP contribution in [0.4, 0.5) is 0 Å². The predicted octanol–water partition coefficient (Wildman–Crippen LogP) is 2.73. The van der Waals surface area contributed by atoms with E-state index in [4.69, 9.17) is 0 Å². The Morgan fingerprint density at radius 3 is 2.12 bits per heavy atom. The SMILES string of the molecule is CCc1ccc(CCC(=O)CC(C)=O)cc1. The van der Waals surface area contributed by atoms with E-state index >= 15 is 0 Å². The smallest absolute Gasteiger partial charge is 0.140 e. The summed E-state index contributed by atoms with van der Waals surface area (Å²) in [5.74, 6) is -0.0154. The number of carbonyl (C=O) groups is 2. The summed E-state index contributed by atoms with van der Waals surface area (Å²) < 4.78 is 0. The Hall–Kier alpha value is -1.44. The van der Waals surface area contributed by atoms with Crippen molar-refractivity contribution in [2.75, 3.05) is 0 Å². The number of hydrogen-bond donors (Lipinski definition) is 0. The van der Waals surface area contributed by atoms with Gasteiger partial charge in [-0.15, -0.1) is 0 Å². The topological polar surface area (TPSA) is 34.1 Å². The first-order valence-electron chi connectivity index (χ1n) is 5.70. The molecule has 0 saturated carbocycles. The first-order valence-corrected chi connectivity index (χ1v) is 5.70. The molecule has 86 valence electrons. The zero-order valence-electron chi connectivity index (χ0n) is 9.95. The standard InChI is InChI=1S/C14H18O2/c1-3-12-4-6-13(7-5-12)8-9-14(16)10-11(2)15/h4-7H,3,8-10H2,1-2H3. The number of ketones is 2. The van der Waals surface area contributed by atoms with Crippen LogP contribution in [0.3, 0.4) is 0 Å². The van der Waals surface area contributed by atoms with Gasteiger partial charge in [-0.1, -0.05) is 31.2 Å². The second-order valence-corrected chi connectivity index (χ2v) is 4.09. The maximum Gasteiger partial charge on any atom is 0.140 e. The summed E-state index contributed by atoms with van der Waals surface area (Å²) in [4.78, 5) is 22.1. The molecule has 0 aromatic heterocycles. The van der Waals surface area contributed by atoms with Gasteiger partial charge in [0, 0.05) is 6.42 Å². The number of hydrogen-bond acceptors (Lipinski definition) is 2. The minimum atomic E-state index is -0.0497. The number of aryl methyl sites for hydroxylation is 2. The lowest BCUT2D eigenvalue weighted by molar-refractivity contribution is -0.125. The van der Waals surface area contributed by atoms with E-state index in [1.807, 2.05) is 0 Å². The Morgan fingerprint density at radius 2 is 1.62 bits per heavy atom. The summed E-state index contributed by atoms with van der Waals surface area (Å²) in [5, 5.41) is 0. The molecule has 2 nitrogen and oxygen atoms in total. The minimum Gasteiger partial charge on any atom is -0.300 e. The van der Waals surface area contributed by atoms with Crippen LogP contribution in [0.1, 0.15) is 37.8 Å². The maximum absolute atomic E-state index is 11.3. The molecule has 0 aliphatic carbocycles. The minimum absolute atomic E-state index is 0.0343. The summed E-state index contributed by atoms with van der Waals surface area (Å²) in [6.45, 7) is 3.57. The Morgan fingerprint density at radius 1 is 1.06 bits per heavy atom. The molecule has 0 heterocycles. The van der Waals surface area contributed by atoms with Gasteiger partial charge in [0.05, 0.1) is 6.42 Å². The van der Waals surface area contributed by atoms with Crippen molar-refractivity contribution in [3.63, 3.8) is 0 Å². The van der Waals surface area contributed by atoms with Gasteiger partial charge in [0.2, 0.25) is 0 Å². The number of carbonyl (C=O) groups excluding carboxylic acids is 2. The molecular formula is C14H18O2. The third-order valence-corrected chi connectivity index (χ3v) is 2.57. The fraction of sp³-hybridized carbons (Fsp3) is 0.429. The molecule has 1 aromatic rings. The Bertz CT molecular complexity index is 363. The molecule has 0 radical (unpaired) electrons. The number of rotatable bonds is 6. The van der Waals surface area contributed by atoms with Crippen molar-refractivity contribution in [2.45, 2.75) is 39.5 Å². The largest absolute Gasteiger partial charge is 0.300 e. The summed E-state index contributed by atoms with van der Waals surface area (Å²) in [5.41, 5.74) is 2.47. The van der Waals surface area contributed by atoms with Crippen molar-refractivity contribution in [3.8, 4) is 0 Å². The summed E-state index contributed by atoms with van der Waals surface area (Å²) in [6.07, 6.45) is 2.30. The molecule has 0 atom stereocenters. The van der Waals surface area contributed by atoms with Gasteiger partial charge in [-0.3, -0.25) is 9.59 Å². The van der Waals surface area contributed by atoms with E-state index in [9.17, 15) is 9.59 Å². The van der Waals surface area contributed by atoms with Crippen LogP contribution in [-0.4, -0.2) is 11.6 Å². The normalized spacial score (nSPS) is 10.1. The molecule has 0 fully saturated rings. The van der Waals surface area contributed by atoms with E-state index in [1.54, 1.807) is 0 Å². The van der Waals surface area contributed by atoms with Gasteiger partial charge in [0.1, 0.15) is 11.6 Å². The van der Waals surface area contributed by atoms with E-state index in [0.717, 1.165) is 18.4 Å². The molecule has 0 amide bonds. The molecule has 0 aliphatic rings. The van der Waals surface area contributed by atoms with Gasteiger partial charge >= 0.3 is 0 Å². The van der Waals surface area contributed by atoms with Crippen molar-refractivity contribution in [2.24, 2.45) is 0 Å². The first-order chi connectivity index (χ1) is 7.61. The zero-order valence-corrected chi connectivity index (χ0v) is 9.95. The van der Waals surface area contributed by atoms with E-state index in [0.29, 0.717) is 6.42 Å². The summed E-state index contributed by atoms with van der Waals surface area (Å²) in [6, 6.07) is 8.29. The maximum atomic E-state index is 11.3. The summed E-state index contributed by atoms with van der Waals surface area (Å²) >= 11 is 0. The van der Waals surface area contributed by atoms with Crippen molar-refractivity contribution < 1.29 is 9.59 Å². The molecule has 2 heteroatoms. The highest BCUT2D eigenvalue weighted by molar-refractivity contribution is 5.97. The second-order valence-electron chi connectivity index (χ2n) is 4.09. The molecule has 1 aromatic carbocycles. The van der Waals surface area contributed by atoms with Gasteiger partial charge < -0.3 is 0 Å². The van der Waals surface area contributed by atoms with Gasteiger partial charge in [-0.2, -0.15) is 0 Å². The lowest BCUT2D eigenvalue weighted by atomic mass is 10.0. The van der Waals surface area contributed by atoms with Gasteiger partial charge in [-0.25, -0.2) is 0 Å². The Kier molecular flexibility index (Phi) is 4.90. The van der Waals surface area contributed by atoms with Crippen LogP contribution < -0.4 is 0 Å². The van der Waals surface area contributed by atoms with Crippen LogP contribution in [0.2, 0.25) is 0 Å². The Labute approximate surface area is 96.7 Å². The molecule has 0 bridgehead atoms. The van der Waals surface area contributed by atoms with Crippen molar-refractivity contribution >= 4 is 11.6 Å². The van der Waals surface area contributed by atoms with Gasteiger partial charge in [0.15, 0.2) is 0 Å². The fourth-order valence-corrected chi connectivity index (χ4v) is 1.59. The quantitative estimate of drug-likeness (QED) is 0.688. The summed E-state index contributed by atoms with van der Waals surface area (Å²) in [7, 11) is 0. The lowest BCUT2D eigenvalue weighted by Crippen LogP contribution is -2.05. The van der Waals surface area contributed by atoms with Crippen LogP contribution in [-0.2, 0) is 22.4 Å². The van der Waals surface area contributed by atoms with Gasteiger partial charge in [0.25, 0.3) is 0 Å². The van der Waals surface area contributed by atoms with Gasteiger partial charge in [-0.05, 0) is 30.9 Å². The molecule has 0 N–H and O–H groups in total. The van der Waals surface area contributed by atoms with Crippen LogP contribution in [0.25, 0.3) is 0 Å². The molecule has 0 aliphatic heterocycles. The lowest BCUT2D eigenvalue weighted by Gasteiger charge is -2.02. The second kappa shape index (κ2) is 6.21. The van der Waals surface area contributed by atoms with E-state index < -0.39 is 0 Å².